The molecule has 0 radical (unpaired) electrons. The average molecular weight is 303 g/mol. The molecule has 1 aliphatic heterocycles. The topological polar surface area (TPSA) is 68.2 Å². The second-order valence-corrected chi connectivity index (χ2v) is 4.97. The highest BCUT2D eigenvalue weighted by molar-refractivity contribution is 5.81. The van der Waals surface area contributed by atoms with Crippen molar-refractivity contribution in [2.75, 3.05) is 52.7 Å². The van der Waals surface area contributed by atoms with Gasteiger partial charge in [-0.25, -0.2) is 0 Å². The number of nitrogens with one attached hydrogen (secondary N) is 1. The van der Waals surface area contributed by atoms with Gasteiger partial charge in [0, 0.05) is 10.8 Å². The quantitative estimate of drug-likeness (QED) is 0.769. The van der Waals surface area contributed by atoms with Gasteiger partial charge in [0.25, 0.3) is 0 Å². The predicted octanol–water partition coefficient (Wildman–Crippen LogP) is 0.470. The third kappa shape index (κ3) is 3.91. The lowest BCUT2D eigenvalue weighted by Crippen LogP contribution is -2.16. The highest BCUT2D eigenvalue weighted by Crippen LogP contribution is 2.03. The van der Waals surface area contributed by atoms with E-state index in [4.69, 9.17) is 14.2 Å². The highest BCUT2D eigenvalue weighted by Gasteiger charge is 2.02. The molecular formula is C16H21N3O3. The summed E-state index contributed by atoms with van der Waals surface area (Å²) >= 11 is 0. The zero-order chi connectivity index (χ0) is 15.0. The number of aromatic amines is 1. The van der Waals surface area contributed by atoms with Crippen LogP contribution in [0.15, 0.2) is 34.3 Å². The monoisotopic (exact) mass is 303 g/mol. The maximum atomic E-state index is 5.50. The Labute approximate surface area is 128 Å². The van der Waals surface area contributed by atoms with Gasteiger partial charge in [-0.15, -0.1) is 0 Å². The van der Waals surface area contributed by atoms with Crippen molar-refractivity contribution in [3.8, 4) is 0 Å². The maximum absolute atomic E-state index is 5.50. The van der Waals surface area contributed by atoms with Crippen LogP contribution < -0.4 is 11.0 Å². The lowest BCUT2D eigenvalue weighted by molar-refractivity contribution is 0.0174. The molecule has 1 N–H and O–H groups in total. The van der Waals surface area contributed by atoms with Crippen LogP contribution in [0.3, 0.4) is 0 Å². The molecule has 0 saturated heterocycles. The van der Waals surface area contributed by atoms with E-state index in [2.05, 4.69) is 27.1 Å². The molecule has 0 fully saturated rings. The van der Waals surface area contributed by atoms with Crippen LogP contribution in [-0.2, 0) is 14.2 Å². The van der Waals surface area contributed by atoms with E-state index in [-0.39, 0.29) is 0 Å². The summed E-state index contributed by atoms with van der Waals surface area (Å²) in [5.74, 6) is 0. The number of H-pyrrole nitrogens is 1. The summed E-state index contributed by atoms with van der Waals surface area (Å²) in [4.78, 5) is 12.5. The Morgan fingerprint density at radius 3 is 1.64 bits per heavy atom. The van der Waals surface area contributed by atoms with E-state index in [0.717, 1.165) is 21.7 Å². The molecule has 6 heteroatoms. The summed E-state index contributed by atoms with van der Waals surface area (Å²) in [5.41, 5.74) is 1.73. The van der Waals surface area contributed by atoms with Gasteiger partial charge in [0.15, 0.2) is 0 Å². The van der Waals surface area contributed by atoms with Gasteiger partial charge < -0.3 is 19.2 Å². The molecule has 2 aromatic rings. The molecule has 0 amide bonds. The third-order valence-electron chi connectivity index (χ3n) is 3.43. The SMILES string of the molecule is c1ccc2c3[nH]c(c2c1)=NCCOCCOCCOCCN=3. The molecule has 0 unspecified atom stereocenters. The Bertz CT molecular complexity index is 653. The van der Waals surface area contributed by atoms with E-state index in [1.807, 2.05) is 12.1 Å². The highest BCUT2D eigenvalue weighted by atomic mass is 16.5. The Balaban J connectivity index is 1.88. The molecule has 118 valence electrons. The molecule has 22 heavy (non-hydrogen) atoms. The Morgan fingerprint density at radius 2 is 1.14 bits per heavy atom. The van der Waals surface area contributed by atoms with E-state index >= 15 is 0 Å². The van der Waals surface area contributed by atoms with E-state index in [1.54, 1.807) is 0 Å². The molecule has 6 nitrogen and oxygen atoms in total. The van der Waals surface area contributed by atoms with E-state index < -0.39 is 0 Å². The summed E-state index contributed by atoms with van der Waals surface area (Å²) in [7, 11) is 0. The van der Waals surface area contributed by atoms with E-state index in [1.165, 1.54) is 0 Å². The summed E-state index contributed by atoms with van der Waals surface area (Å²) < 4.78 is 16.4. The van der Waals surface area contributed by atoms with Crippen LogP contribution >= 0.6 is 0 Å². The van der Waals surface area contributed by atoms with Crippen molar-refractivity contribution >= 4 is 10.8 Å². The number of hydrogen-bond donors (Lipinski definition) is 1. The van der Waals surface area contributed by atoms with Gasteiger partial charge in [0.05, 0.1) is 52.7 Å². The zero-order valence-corrected chi connectivity index (χ0v) is 12.6. The molecule has 0 saturated carbocycles. The molecule has 1 aromatic carbocycles. The van der Waals surface area contributed by atoms with Gasteiger partial charge in [-0.3, -0.25) is 9.98 Å². The summed E-state index contributed by atoms with van der Waals surface area (Å²) in [6, 6.07) is 8.14. The van der Waals surface area contributed by atoms with Crippen molar-refractivity contribution < 1.29 is 14.2 Å². The van der Waals surface area contributed by atoms with Crippen LogP contribution in [0.1, 0.15) is 0 Å². The number of nitrogens with zero attached hydrogens (tertiary/aromatic N) is 2. The van der Waals surface area contributed by atoms with Crippen LogP contribution in [0, 0.1) is 0 Å². The van der Waals surface area contributed by atoms with Crippen molar-refractivity contribution in [1.82, 2.24) is 4.98 Å². The normalized spacial score (nSPS) is 18.5. The molecule has 0 spiro atoms. The first-order chi connectivity index (χ1) is 10.9. The molecule has 1 aliphatic rings. The molecule has 3 rings (SSSR count). The molecule has 0 atom stereocenters. The minimum absolute atomic E-state index is 0.583. The summed E-state index contributed by atoms with van der Waals surface area (Å²) in [5, 5.41) is 2.18. The molecule has 0 aliphatic carbocycles. The lowest BCUT2D eigenvalue weighted by Gasteiger charge is -2.05. The van der Waals surface area contributed by atoms with Crippen LogP contribution in [0.25, 0.3) is 10.8 Å². The second-order valence-electron chi connectivity index (χ2n) is 4.97. The van der Waals surface area contributed by atoms with Crippen LogP contribution in [0.5, 0.6) is 0 Å². The van der Waals surface area contributed by atoms with Crippen molar-refractivity contribution in [2.45, 2.75) is 0 Å². The first-order valence-corrected chi connectivity index (χ1v) is 7.64. The fourth-order valence-corrected chi connectivity index (χ4v) is 2.38. The third-order valence-corrected chi connectivity index (χ3v) is 3.43. The molecule has 2 heterocycles. The fraction of sp³-hybridized carbons (Fsp3) is 0.500. The minimum Gasteiger partial charge on any atom is -0.377 e. The molecular weight excluding hydrogens is 282 g/mol. The largest absolute Gasteiger partial charge is 0.377 e. The van der Waals surface area contributed by atoms with Crippen molar-refractivity contribution in [1.29, 1.82) is 0 Å². The summed E-state index contributed by atoms with van der Waals surface area (Å²) in [6.07, 6.45) is 0. The number of hydrogen-bond acceptors (Lipinski definition) is 5. The second kappa shape index (κ2) is 8.03. The standard InChI is InChI=1S/C16H21N3O3/c1-2-4-14-13(3-1)15-17-5-7-20-9-11-22-12-10-21-8-6-18-16(14)19-15/h1-4H,5-12H2,(H,17,18,19). The lowest BCUT2D eigenvalue weighted by atomic mass is 10.2. The molecule has 2 bridgehead atoms. The van der Waals surface area contributed by atoms with Crippen LogP contribution in [-0.4, -0.2) is 57.7 Å². The number of benzene rings is 1. The number of ether oxygens (including phenoxy) is 3. The van der Waals surface area contributed by atoms with Gasteiger partial charge in [-0.05, 0) is 0 Å². The van der Waals surface area contributed by atoms with Gasteiger partial charge >= 0.3 is 0 Å². The predicted molar refractivity (Wildman–Crippen MR) is 82.8 cm³/mol. The molecule has 1 aromatic heterocycles. The van der Waals surface area contributed by atoms with Crippen molar-refractivity contribution in [3.05, 3.63) is 35.2 Å². The number of fused-ring (bicyclic) bond motifs is 5. The Hall–Kier alpha value is -1.76. The van der Waals surface area contributed by atoms with Gasteiger partial charge in [0.1, 0.15) is 11.0 Å². The maximum Gasteiger partial charge on any atom is 0.134 e. The van der Waals surface area contributed by atoms with Gasteiger partial charge in [-0.2, -0.15) is 0 Å². The minimum atomic E-state index is 0.583. The first kappa shape index (κ1) is 15.1. The van der Waals surface area contributed by atoms with Crippen molar-refractivity contribution in [3.63, 3.8) is 0 Å². The zero-order valence-electron chi connectivity index (χ0n) is 12.6. The van der Waals surface area contributed by atoms with Crippen molar-refractivity contribution in [2.24, 2.45) is 9.98 Å². The van der Waals surface area contributed by atoms with Gasteiger partial charge in [-0.1, -0.05) is 24.3 Å². The average Bonchev–Trinajstić information content (AvgIpc) is 2.89. The Kier molecular flexibility index (Phi) is 5.53. The van der Waals surface area contributed by atoms with Crippen LogP contribution in [0.2, 0.25) is 0 Å². The number of aromatic nitrogens is 1. The van der Waals surface area contributed by atoms with E-state index in [0.29, 0.717) is 52.7 Å². The number of rotatable bonds is 0. The Morgan fingerprint density at radius 1 is 0.682 bits per heavy atom. The fourth-order valence-electron chi connectivity index (χ4n) is 2.38. The summed E-state index contributed by atoms with van der Waals surface area (Å²) in [6.45, 7) is 4.75. The van der Waals surface area contributed by atoms with Gasteiger partial charge in [0.2, 0.25) is 0 Å². The smallest absolute Gasteiger partial charge is 0.134 e. The first-order valence-electron chi connectivity index (χ1n) is 7.64. The van der Waals surface area contributed by atoms with E-state index in [9.17, 15) is 0 Å². The van der Waals surface area contributed by atoms with Crippen LogP contribution in [0.4, 0.5) is 0 Å².